The van der Waals surface area contributed by atoms with Crippen LogP contribution in [-0.4, -0.2) is 10.9 Å². The van der Waals surface area contributed by atoms with E-state index in [9.17, 15) is 9.18 Å². The lowest BCUT2D eigenvalue weighted by atomic mass is 10.1. The van der Waals surface area contributed by atoms with Crippen molar-refractivity contribution >= 4 is 40.4 Å². The molecule has 0 aliphatic heterocycles. The van der Waals surface area contributed by atoms with Crippen molar-refractivity contribution in [1.82, 2.24) is 10.3 Å². The standard InChI is InChI=1S/C20H17Cl2FN2O2S/c1-12(17-7-2-13(21)8-18(17)22)24-19(26)9-15-11-28-20(25-15)10-27-16-5-3-14(23)4-6-16/h2-8,11-12H,9-10H2,1H3,(H,24,26). The Morgan fingerprint density at radius 3 is 2.71 bits per heavy atom. The third-order valence-corrected chi connectivity index (χ3v) is 5.36. The van der Waals surface area contributed by atoms with Crippen LogP contribution in [0.3, 0.4) is 0 Å². The molecule has 0 aliphatic carbocycles. The Bertz CT molecular complexity index is 963. The molecule has 0 saturated heterocycles. The van der Waals surface area contributed by atoms with Crippen molar-refractivity contribution in [3.63, 3.8) is 0 Å². The fraction of sp³-hybridized carbons (Fsp3) is 0.200. The molecule has 0 aliphatic rings. The zero-order valence-corrected chi connectivity index (χ0v) is 17.2. The predicted molar refractivity (Wildman–Crippen MR) is 110 cm³/mol. The maximum absolute atomic E-state index is 12.9. The molecule has 0 bridgehead atoms. The number of thiazole rings is 1. The number of halogens is 3. The number of amides is 1. The van der Waals surface area contributed by atoms with Crippen LogP contribution >= 0.6 is 34.5 Å². The summed E-state index contributed by atoms with van der Waals surface area (Å²) in [4.78, 5) is 16.7. The number of nitrogens with one attached hydrogen (secondary N) is 1. The number of carbonyl (C=O) groups is 1. The molecular formula is C20H17Cl2FN2O2S. The van der Waals surface area contributed by atoms with Gasteiger partial charge in [-0.3, -0.25) is 4.79 Å². The molecule has 1 atom stereocenters. The first-order valence-corrected chi connectivity index (χ1v) is 10.1. The largest absolute Gasteiger partial charge is 0.486 e. The third-order valence-electron chi connectivity index (χ3n) is 3.92. The SMILES string of the molecule is CC(NC(=O)Cc1csc(COc2ccc(F)cc2)n1)c1ccc(Cl)cc1Cl. The Labute approximate surface area is 176 Å². The molecule has 2 aromatic carbocycles. The van der Waals surface area contributed by atoms with Crippen LogP contribution in [0.5, 0.6) is 5.75 Å². The Morgan fingerprint density at radius 2 is 2.00 bits per heavy atom. The minimum absolute atomic E-state index is 0.155. The van der Waals surface area contributed by atoms with Crippen molar-refractivity contribution in [3.05, 3.63) is 80.0 Å². The zero-order valence-electron chi connectivity index (χ0n) is 14.9. The van der Waals surface area contributed by atoms with E-state index in [1.165, 1.54) is 23.5 Å². The van der Waals surface area contributed by atoms with E-state index in [1.807, 2.05) is 12.3 Å². The average Bonchev–Trinajstić information content (AvgIpc) is 3.08. The highest BCUT2D eigenvalue weighted by molar-refractivity contribution is 7.09. The number of hydrogen-bond donors (Lipinski definition) is 1. The number of ether oxygens (including phenoxy) is 1. The molecule has 1 unspecified atom stereocenters. The van der Waals surface area contributed by atoms with E-state index in [0.717, 1.165) is 10.6 Å². The van der Waals surface area contributed by atoms with E-state index in [1.54, 1.807) is 30.3 Å². The molecule has 0 spiro atoms. The molecule has 3 aromatic rings. The molecule has 1 amide bonds. The van der Waals surface area contributed by atoms with Crippen LogP contribution in [0.25, 0.3) is 0 Å². The van der Waals surface area contributed by atoms with Gasteiger partial charge in [-0.25, -0.2) is 9.37 Å². The molecule has 1 N–H and O–H groups in total. The molecule has 0 fully saturated rings. The summed E-state index contributed by atoms with van der Waals surface area (Å²) in [6.45, 7) is 2.12. The highest BCUT2D eigenvalue weighted by atomic mass is 35.5. The number of nitrogens with zero attached hydrogens (tertiary/aromatic N) is 1. The molecule has 0 radical (unpaired) electrons. The molecule has 3 rings (SSSR count). The molecule has 1 heterocycles. The quantitative estimate of drug-likeness (QED) is 0.522. The van der Waals surface area contributed by atoms with Crippen LogP contribution in [0.15, 0.2) is 47.8 Å². The fourth-order valence-electron chi connectivity index (χ4n) is 2.56. The molecule has 8 heteroatoms. The molecule has 28 heavy (non-hydrogen) atoms. The van der Waals surface area contributed by atoms with Gasteiger partial charge in [-0.1, -0.05) is 29.3 Å². The Balaban J connectivity index is 1.52. The van der Waals surface area contributed by atoms with Crippen LogP contribution in [0.4, 0.5) is 4.39 Å². The summed E-state index contributed by atoms with van der Waals surface area (Å²) in [5.74, 6) is 0.0865. The second-order valence-electron chi connectivity index (χ2n) is 6.11. The number of carbonyl (C=O) groups excluding carboxylic acids is 1. The van der Waals surface area contributed by atoms with Crippen molar-refractivity contribution < 1.29 is 13.9 Å². The summed E-state index contributed by atoms with van der Waals surface area (Å²) in [7, 11) is 0. The smallest absolute Gasteiger partial charge is 0.226 e. The molecular weight excluding hydrogens is 422 g/mol. The summed E-state index contributed by atoms with van der Waals surface area (Å²) >= 11 is 13.5. The highest BCUT2D eigenvalue weighted by Gasteiger charge is 2.15. The van der Waals surface area contributed by atoms with Crippen LogP contribution < -0.4 is 10.1 Å². The lowest BCUT2D eigenvalue weighted by Gasteiger charge is -2.15. The maximum atomic E-state index is 12.9. The minimum Gasteiger partial charge on any atom is -0.486 e. The summed E-state index contributed by atoms with van der Waals surface area (Å²) in [5.41, 5.74) is 1.46. The van der Waals surface area contributed by atoms with E-state index in [0.29, 0.717) is 21.5 Å². The van der Waals surface area contributed by atoms with Gasteiger partial charge in [0, 0.05) is 15.4 Å². The molecule has 146 valence electrons. The zero-order chi connectivity index (χ0) is 20.1. The summed E-state index contributed by atoms with van der Waals surface area (Å²) < 4.78 is 18.5. The predicted octanol–water partition coefficient (Wildman–Crippen LogP) is 5.59. The van der Waals surface area contributed by atoms with Crippen molar-refractivity contribution in [1.29, 1.82) is 0 Å². The molecule has 0 saturated carbocycles. The van der Waals surface area contributed by atoms with Crippen LogP contribution in [-0.2, 0) is 17.8 Å². The van der Waals surface area contributed by atoms with Crippen LogP contribution in [0.1, 0.15) is 29.2 Å². The topological polar surface area (TPSA) is 51.2 Å². The van der Waals surface area contributed by atoms with E-state index in [2.05, 4.69) is 10.3 Å². The maximum Gasteiger partial charge on any atom is 0.226 e. The van der Waals surface area contributed by atoms with Gasteiger partial charge in [0.25, 0.3) is 0 Å². The normalized spacial score (nSPS) is 11.9. The van der Waals surface area contributed by atoms with Gasteiger partial charge < -0.3 is 10.1 Å². The average molecular weight is 439 g/mol. The van der Waals surface area contributed by atoms with E-state index in [-0.39, 0.29) is 30.8 Å². The summed E-state index contributed by atoms with van der Waals surface area (Å²) in [6, 6.07) is 10.7. The molecule has 1 aromatic heterocycles. The number of aromatic nitrogens is 1. The Kier molecular flexibility index (Phi) is 6.88. The number of rotatable bonds is 7. The minimum atomic E-state index is -0.316. The Morgan fingerprint density at radius 1 is 1.25 bits per heavy atom. The van der Waals surface area contributed by atoms with Crippen LogP contribution in [0.2, 0.25) is 10.0 Å². The monoisotopic (exact) mass is 438 g/mol. The summed E-state index contributed by atoms with van der Waals surface area (Å²) in [5, 5.41) is 6.52. The second kappa shape index (κ2) is 9.37. The van der Waals surface area contributed by atoms with Gasteiger partial charge in [-0.05, 0) is 48.9 Å². The van der Waals surface area contributed by atoms with E-state index in [4.69, 9.17) is 27.9 Å². The third kappa shape index (κ3) is 5.67. The van der Waals surface area contributed by atoms with Gasteiger partial charge in [-0.15, -0.1) is 11.3 Å². The van der Waals surface area contributed by atoms with Crippen LogP contribution in [0, 0.1) is 5.82 Å². The number of benzene rings is 2. The van der Waals surface area contributed by atoms with E-state index < -0.39 is 0 Å². The van der Waals surface area contributed by atoms with Gasteiger partial charge >= 0.3 is 0 Å². The Hall–Kier alpha value is -2.15. The van der Waals surface area contributed by atoms with Crippen molar-refractivity contribution in [2.24, 2.45) is 0 Å². The van der Waals surface area contributed by atoms with Gasteiger partial charge in [0.2, 0.25) is 5.91 Å². The van der Waals surface area contributed by atoms with Crippen molar-refractivity contribution in [3.8, 4) is 5.75 Å². The first-order chi connectivity index (χ1) is 13.4. The number of hydrogen-bond acceptors (Lipinski definition) is 4. The summed E-state index contributed by atoms with van der Waals surface area (Å²) in [6.07, 6.45) is 0.155. The second-order valence-corrected chi connectivity index (χ2v) is 7.89. The lowest BCUT2D eigenvalue weighted by molar-refractivity contribution is -0.121. The fourth-order valence-corrected chi connectivity index (χ4v) is 3.84. The first-order valence-electron chi connectivity index (χ1n) is 8.46. The van der Waals surface area contributed by atoms with Crippen molar-refractivity contribution in [2.75, 3.05) is 0 Å². The molecule has 4 nitrogen and oxygen atoms in total. The van der Waals surface area contributed by atoms with E-state index >= 15 is 0 Å². The highest BCUT2D eigenvalue weighted by Crippen LogP contribution is 2.26. The van der Waals surface area contributed by atoms with Crippen molar-refractivity contribution in [2.45, 2.75) is 26.0 Å². The lowest BCUT2D eigenvalue weighted by Crippen LogP contribution is -2.28. The first kappa shape index (κ1) is 20.6. The van der Waals surface area contributed by atoms with Gasteiger partial charge in [-0.2, -0.15) is 0 Å². The van der Waals surface area contributed by atoms with Gasteiger partial charge in [0.15, 0.2) is 0 Å². The van der Waals surface area contributed by atoms with Gasteiger partial charge in [0.1, 0.15) is 23.2 Å². The van der Waals surface area contributed by atoms with Gasteiger partial charge in [0.05, 0.1) is 18.2 Å².